The molecular formula is C12H20N2O5. The van der Waals surface area contributed by atoms with Crippen molar-refractivity contribution in [1.82, 2.24) is 10.6 Å². The average molecular weight is 272 g/mol. The van der Waals surface area contributed by atoms with Crippen LogP contribution < -0.4 is 10.6 Å². The minimum Gasteiger partial charge on any atom is -0.481 e. The summed E-state index contributed by atoms with van der Waals surface area (Å²) in [5, 5.41) is 23.1. The van der Waals surface area contributed by atoms with Crippen LogP contribution >= 0.6 is 0 Å². The highest BCUT2D eigenvalue weighted by atomic mass is 16.4. The number of carboxylic acids is 2. The molecule has 7 heteroatoms. The third-order valence-corrected chi connectivity index (χ3v) is 3.17. The van der Waals surface area contributed by atoms with E-state index >= 15 is 0 Å². The van der Waals surface area contributed by atoms with Crippen molar-refractivity contribution in [3.63, 3.8) is 0 Å². The van der Waals surface area contributed by atoms with Crippen LogP contribution in [0.15, 0.2) is 0 Å². The fourth-order valence-electron chi connectivity index (χ4n) is 2.08. The summed E-state index contributed by atoms with van der Waals surface area (Å²) < 4.78 is 0. The first kappa shape index (κ1) is 15.4. The van der Waals surface area contributed by atoms with Crippen molar-refractivity contribution in [3.05, 3.63) is 0 Å². The molecule has 1 aliphatic rings. The number of rotatable bonds is 7. The van der Waals surface area contributed by atoms with Gasteiger partial charge in [-0.1, -0.05) is 0 Å². The van der Waals surface area contributed by atoms with Crippen LogP contribution in [0, 0.1) is 5.92 Å². The van der Waals surface area contributed by atoms with Gasteiger partial charge in [0.25, 0.3) is 0 Å². The van der Waals surface area contributed by atoms with Gasteiger partial charge in [-0.05, 0) is 32.2 Å². The number of amides is 1. The number of hydrogen-bond acceptors (Lipinski definition) is 4. The molecule has 19 heavy (non-hydrogen) atoms. The number of carbonyl (C=O) groups excluding carboxylic acids is 1. The van der Waals surface area contributed by atoms with Gasteiger partial charge in [0.15, 0.2) is 0 Å². The SMILES string of the molecule is O=C(O)CCC[C@@H](NC(=O)[C@@H]1CCCNC1)C(=O)O. The molecule has 1 heterocycles. The van der Waals surface area contributed by atoms with E-state index in [9.17, 15) is 14.4 Å². The van der Waals surface area contributed by atoms with E-state index in [1.54, 1.807) is 0 Å². The Morgan fingerprint density at radius 3 is 2.58 bits per heavy atom. The predicted molar refractivity (Wildman–Crippen MR) is 66.6 cm³/mol. The first-order valence-electron chi connectivity index (χ1n) is 6.46. The standard InChI is InChI=1S/C12H20N2O5/c15-10(16)5-1-4-9(12(18)19)14-11(17)8-3-2-6-13-7-8/h8-9,13H,1-7H2,(H,14,17)(H,15,16)(H,18,19)/t8-,9-/m1/s1. The van der Waals surface area contributed by atoms with Gasteiger partial charge in [0.1, 0.15) is 6.04 Å². The maximum Gasteiger partial charge on any atom is 0.326 e. The highest BCUT2D eigenvalue weighted by Crippen LogP contribution is 2.11. The molecule has 4 N–H and O–H groups in total. The Bertz CT molecular complexity index is 339. The van der Waals surface area contributed by atoms with Crippen molar-refractivity contribution in [1.29, 1.82) is 0 Å². The van der Waals surface area contributed by atoms with E-state index in [-0.39, 0.29) is 31.1 Å². The molecule has 0 aromatic heterocycles. The summed E-state index contributed by atoms with van der Waals surface area (Å²) in [4.78, 5) is 33.3. The first-order chi connectivity index (χ1) is 9.00. The van der Waals surface area contributed by atoms with Gasteiger partial charge >= 0.3 is 11.9 Å². The van der Waals surface area contributed by atoms with Crippen molar-refractivity contribution in [3.8, 4) is 0 Å². The molecular weight excluding hydrogens is 252 g/mol. The second-order valence-corrected chi connectivity index (χ2v) is 4.73. The Balaban J connectivity index is 2.41. The second-order valence-electron chi connectivity index (χ2n) is 4.73. The van der Waals surface area contributed by atoms with E-state index in [4.69, 9.17) is 10.2 Å². The van der Waals surface area contributed by atoms with E-state index in [1.165, 1.54) is 0 Å². The summed E-state index contributed by atoms with van der Waals surface area (Å²) in [6.07, 6.45) is 1.92. The zero-order valence-electron chi connectivity index (χ0n) is 10.7. The summed E-state index contributed by atoms with van der Waals surface area (Å²) in [6, 6.07) is -1.01. The van der Waals surface area contributed by atoms with Gasteiger partial charge in [0.2, 0.25) is 5.91 Å². The second kappa shape index (κ2) is 7.73. The van der Waals surface area contributed by atoms with Crippen LogP contribution in [0.25, 0.3) is 0 Å². The van der Waals surface area contributed by atoms with Gasteiger partial charge in [0.05, 0.1) is 5.92 Å². The molecule has 1 amide bonds. The van der Waals surface area contributed by atoms with Crippen molar-refractivity contribution < 1.29 is 24.6 Å². The van der Waals surface area contributed by atoms with E-state index in [2.05, 4.69) is 10.6 Å². The molecule has 0 saturated carbocycles. The number of nitrogens with one attached hydrogen (secondary N) is 2. The molecule has 108 valence electrons. The third-order valence-electron chi connectivity index (χ3n) is 3.17. The topological polar surface area (TPSA) is 116 Å². The van der Waals surface area contributed by atoms with E-state index < -0.39 is 18.0 Å². The Hall–Kier alpha value is -1.63. The molecule has 0 aromatic carbocycles. The van der Waals surface area contributed by atoms with Crippen molar-refractivity contribution in [2.75, 3.05) is 13.1 Å². The molecule has 1 rings (SSSR count). The van der Waals surface area contributed by atoms with Gasteiger partial charge < -0.3 is 20.8 Å². The number of piperidine rings is 1. The van der Waals surface area contributed by atoms with Gasteiger partial charge in [-0.3, -0.25) is 9.59 Å². The molecule has 2 atom stereocenters. The molecule has 0 radical (unpaired) electrons. The minimum absolute atomic E-state index is 0.0926. The molecule has 0 aliphatic carbocycles. The van der Waals surface area contributed by atoms with Crippen LogP contribution in [0.4, 0.5) is 0 Å². The summed E-state index contributed by atoms with van der Waals surface area (Å²) in [6.45, 7) is 1.44. The maximum atomic E-state index is 11.9. The molecule has 0 unspecified atom stereocenters. The van der Waals surface area contributed by atoms with Crippen LogP contribution in [0.5, 0.6) is 0 Å². The fourth-order valence-corrected chi connectivity index (χ4v) is 2.08. The van der Waals surface area contributed by atoms with Gasteiger partial charge in [0, 0.05) is 13.0 Å². The van der Waals surface area contributed by atoms with Crippen LogP contribution in [0.1, 0.15) is 32.1 Å². The first-order valence-corrected chi connectivity index (χ1v) is 6.46. The lowest BCUT2D eigenvalue weighted by Crippen LogP contribution is -2.47. The zero-order valence-corrected chi connectivity index (χ0v) is 10.7. The lowest BCUT2D eigenvalue weighted by Gasteiger charge is -2.24. The molecule has 0 aromatic rings. The smallest absolute Gasteiger partial charge is 0.326 e. The summed E-state index contributed by atoms with van der Waals surface area (Å²) in [7, 11) is 0. The lowest BCUT2D eigenvalue weighted by molar-refractivity contribution is -0.143. The predicted octanol–water partition coefficient (Wildman–Crippen LogP) is -0.190. The summed E-state index contributed by atoms with van der Waals surface area (Å²) >= 11 is 0. The largest absolute Gasteiger partial charge is 0.481 e. The number of hydrogen-bond donors (Lipinski definition) is 4. The molecule has 1 aliphatic heterocycles. The zero-order chi connectivity index (χ0) is 14.3. The molecule has 0 bridgehead atoms. The highest BCUT2D eigenvalue weighted by molar-refractivity contribution is 5.85. The van der Waals surface area contributed by atoms with Crippen LogP contribution in [-0.4, -0.2) is 47.2 Å². The Morgan fingerprint density at radius 2 is 2.05 bits per heavy atom. The molecule has 0 spiro atoms. The highest BCUT2D eigenvalue weighted by Gasteiger charge is 2.26. The maximum absolute atomic E-state index is 11.9. The van der Waals surface area contributed by atoms with Crippen LogP contribution in [0.3, 0.4) is 0 Å². The van der Waals surface area contributed by atoms with Gasteiger partial charge in [-0.15, -0.1) is 0 Å². The quantitative estimate of drug-likeness (QED) is 0.510. The van der Waals surface area contributed by atoms with Gasteiger partial charge in [-0.2, -0.15) is 0 Å². The van der Waals surface area contributed by atoms with Crippen molar-refractivity contribution in [2.24, 2.45) is 5.92 Å². The van der Waals surface area contributed by atoms with Crippen molar-refractivity contribution in [2.45, 2.75) is 38.1 Å². The van der Waals surface area contributed by atoms with Crippen molar-refractivity contribution >= 4 is 17.8 Å². The summed E-state index contributed by atoms with van der Waals surface area (Å²) in [5.74, 6) is -2.56. The van der Waals surface area contributed by atoms with Crippen LogP contribution in [-0.2, 0) is 14.4 Å². The lowest BCUT2D eigenvalue weighted by atomic mass is 9.98. The minimum atomic E-state index is -1.12. The Morgan fingerprint density at radius 1 is 1.32 bits per heavy atom. The number of aliphatic carboxylic acids is 2. The normalized spacial score (nSPS) is 20.5. The average Bonchev–Trinajstić information content (AvgIpc) is 2.37. The Kier molecular flexibility index (Phi) is 6.27. The third kappa shape index (κ3) is 5.69. The molecule has 7 nitrogen and oxygen atoms in total. The molecule has 1 fully saturated rings. The summed E-state index contributed by atoms with van der Waals surface area (Å²) in [5.41, 5.74) is 0. The number of carboxylic acid groups (broad SMARTS) is 2. The van der Waals surface area contributed by atoms with Crippen LogP contribution in [0.2, 0.25) is 0 Å². The van der Waals surface area contributed by atoms with Gasteiger partial charge in [-0.25, -0.2) is 4.79 Å². The number of carbonyl (C=O) groups is 3. The van der Waals surface area contributed by atoms with E-state index in [1.807, 2.05) is 0 Å². The molecule has 1 saturated heterocycles. The monoisotopic (exact) mass is 272 g/mol. The Labute approximate surface area is 111 Å². The fraction of sp³-hybridized carbons (Fsp3) is 0.750. The van der Waals surface area contributed by atoms with E-state index in [0.717, 1.165) is 19.4 Å². The van der Waals surface area contributed by atoms with E-state index in [0.29, 0.717) is 6.54 Å².